The number of Topliss-reactive ketones (excluding diaryl/α,β-unsaturated/α-hetero) is 1. The fourth-order valence-electron chi connectivity index (χ4n) is 1.33. The summed E-state index contributed by atoms with van der Waals surface area (Å²) in [6.07, 6.45) is 1.48. The zero-order valence-electron chi connectivity index (χ0n) is 7.97. The van der Waals surface area contributed by atoms with E-state index in [1.165, 1.54) is 17.5 Å². The van der Waals surface area contributed by atoms with Gasteiger partial charge in [0.15, 0.2) is 11.5 Å². The standard InChI is InChI=1S/C10H8N2O3/c1-6(13)8-9(14)10(15)12-5-3-2-4-7(12)11-8/h2-5,14H,1H3. The second-order valence-corrected chi connectivity index (χ2v) is 3.10. The summed E-state index contributed by atoms with van der Waals surface area (Å²) < 4.78 is 1.18. The lowest BCUT2D eigenvalue weighted by Gasteiger charge is -2.03. The van der Waals surface area contributed by atoms with E-state index in [0.717, 1.165) is 0 Å². The van der Waals surface area contributed by atoms with Gasteiger partial charge in [-0.1, -0.05) is 6.07 Å². The van der Waals surface area contributed by atoms with Gasteiger partial charge < -0.3 is 5.11 Å². The van der Waals surface area contributed by atoms with E-state index in [1.807, 2.05) is 0 Å². The van der Waals surface area contributed by atoms with Gasteiger partial charge in [0, 0.05) is 13.1 Å². The number of pyridine rings is 1. The first kappa shape index (κ1) is 9.39. The summed E-state index contributed by atoms with van der Waals surface area (Å²) in [5.74, 6) is -1.04. The number of ketones is 1. The molecule has 0 aliphatic rings. The molecule has 5 nitrogen and oxygen atoms in total. The van der Waals surface area contributed by atoms with Gasteiger partial charge in [-0.3, -0.25) is 14.0 Å². The van der Waals surface area contributed by atoms with Gasteiger partial charge in [0.25, 0.3) is 0 Å². The molecule has 2 heterocycles. The zero-order chi connectivity index (χ0) is 11.0. The van der Waals surface area contributed by atoms with Crippen LogP contribution < -0.4 is 5.56 Å². The Balaban J connectivity index is 2.95. The third-order valence-corrected chi connectivity index (χ3v) is 2.04. The Kier molecular flexibility index (Phi) is 2.00. The van der Waals surface area contributed by atoms with Gasteiger partial charge in [0.1, 0.15) is 5.65 Å². The topological polar surface area (TPSA) is 71.7 Å². The van der Waals surface area contributed by atoms with Crippen LogP contribution in [0.25, 0.3) is 5.65 Å². The molecule has 2 aromatic heterocycles. The van der Waals surface area contributed by atoms with Gasteiger partial charge in [0.05, 0.1) is 0 Å². The Labute approximate surface area is 84.6 Å². The maximum Gasteiger partial charge on any atom is 0.300 e. The second kappa shape index (κ2) is 3.20. The van der Waals surface area contributed by atoms with Crippen molar-refractivity contribution in [1.29, 1.82) is 0 Å². The summed E-state index contributed by atoms with van der Waals surface area (Å²) in [4.78, 5) is 26.6. The lowest BCUT2D eigenvalue weighted by Crippen LogP contribution is -2.17. The van der Waals surface area contributed by atoms with Gasteiger partial charge >= 0.3 is 5.56 Å². The van der Waals surface area contributed by atoms with E-state index in [9.17, 15) is 14.7 Å². The summed E-state index contributed by atoms with van der Waals surface area (Å²) >= 11 is 0. The van der Waals surface area contributed by atoms with Crippen molar-refractivity contribution in [1.82, 2.24) is 9.38 Å². The van der Waals surface area contributed by atoms with Gasteiger partial charge in [-0.05, 0) is 12.1 Å². The third kappa shape index (κ3) is 1.38. The molecule has 0 bridgehead atoms. The summed E-state index contributed by atoms with van der Waals surface area (Å²) in [7, 11) is 0. The fraction of sp³-hybridized carbons (Fsp3) is 0.100. The number of rotatable bonds is 1. The highest BCUT2D eigenvalue weighted by atomic mass is 16.3. The number of aromatic hydroxyl groups is 1. The van der Waals surface area contributed by atoms with Crippen molar-refractivity contribution in [3.8, 4) is 5.75 Å². The molecule has 0 radical (unpaired) electrons. The molecule has 0 aromatic carbocycles. The zero-order valence-corrected chi connectivity index (χ0v) is 7.97. The summed E-state index contributed by atoms with van der Waals surface area (Å²) in [6, 6.07) is 4.93. The fourth-order valence-corrected chi connectivity index (χ4v) is 1.33. The molecule has 2 aromatic rings. The van der Waals surface area contributed by atoms with Gasteiger partial charge in [-0.15, -0.1) is 0 Å². The van der Waals surface area contributed by atoms with E-state index in [0.29, 0.717) is 5.65 Å². The lowest BCUT2D eigenvalue weighted by atomic mass is 10.2. The third-order valence-electron chi connectivity index (χ3n) is 2.04. The number of fused-ring (bicyclic) bond motifs is 1. The minimum atomic E-state index is -0.634. The maximum atomic E-state index is 11.6. The van der Waals surface area contributed by atoms with E-state index in [4.69, 9.17) is 0 Å². The molecule has 0 aliphatic heterocycles. The molecule has 0 spiro atoms. The Morgan fingerprint density at radius 1 is 1.47 bits per heavy atom. The highest BCUT2D eigenvalue weighted by Crippen LogP contribution is 2.10. The van der Waals surface area contributed by atoms with E-state index in [2.05, 4.69) is 4.98 Å². The highest BCUT2D eigenvalue weighted by molar-refractivity contribution is 5.95. The van der Waals surface area contributed by atoms with Gasteiger partial charge in [0.2, 0.25) is 5.75 Å². The quantitative estimate of drug-likeness (QED) is 0.690. The van der Waals surface area contributed by atoms with Crippen molar-refractivity contribution in [2.75, 3.05) is 0 Å². The van der Waals surface area contributed by atoms with Gasteiger partial charge in [-0.25, -0.2) is 4.98 Å². The summed E-state index contributed by atoms with van der Waals surface area (Å²) in [5, 5.41) is 9.45. The van der Waals surface area contributed by atoms with Crippen molar-refractivity contribution in [2.45, 2.75) is 6.92 Å². The molecule has 2 rings (SSSR count). The van der Waals surface area contributed by atoms with Crippen LogP contribution in [0.5, 0.6) is 5.75 Å². The summed E-state index contributed by atoms with van der Waals surface area (Å²) in [5.41, 5.74) is -0.484. The van der Waals surface area contributed by atoms with Crippen molar-refractivity contribution < 1.29 is 9.90 Å². The van der Waals surface area contributed by atoms with Crippen molar-refractivity contribution >= 4 is 11.4 Å². The van der Waals surface area contributed by atoms with Crippen LogP contribution >= 0.6 is 0 Å². The monoisotopic (exact) mass is 204 g/mol. The maximum absolute atomic E-state index is 11.6. The molecule has 0 saturated heterocycles. The first-order valence-corrected chi connectivity index (χ1v) is 4.32. The smallest absolute Gasteiger partial charge is 0.300 e. The van der Waals surface area contributed by atoms with Crippen molar-refractivity contribution in [3.63, 3.8) is 0 Å². The number of carbonyl (C=O) groups is 1. The average molecular weight is 204 g/mol. The Morgan fingerprint density at radius 2 is 2.20 bits per heavy atom. The highest BCUT2D eigenvalue weighted by Gasteiger charge is 2.14. The Hall–Kier alpha value is -2.17. The minimum absolute atomic E-state index is 0.189. The van der Waals surface area contributed by atoms with E-state index in [1.54, 1.807) is 18.2 Å². The second-order valence-electron chi connectivity index (χ2n) is 3.10. The molecular formula is C10H8N2O3. The first-order chi connectivity index (χ1) is 7.11. The van der Waals surface area contributed by atoms with Crippen LogP contribution in [-0.2, 0) is 0 Å². The molecule has 0 unspecified atom stereocenters. The first-order valence-electron chi connectivity index (χ1n) is 4.32. The molecular weight excluding hydrogens is 196 g/mol. The van der Waals surface area contributed by atoms with Gasteiger partial charge in [-0.2, -0.15) is 0 Å². The minimum Gasteiger partial charge on any atom is -0.501 e. The number of nitrogens with zero attached hydrogens (tertiary/aromatic N) is 2. The van der Waals surface area contributed by atoms with Crippen LogP contribution in [0.2, 0.25) is 0 Å². The predicted octanol–water partition coefficient (Wildman–Crippen LogP) is 0.603. The largest absolute Gasteiger partial charge is 0.501 e. The number of hydrogen-bond acceptors (Lipinski definition) is 4. The molecule has 0 fully saturated rings. The molecule has 76 valence electrons. The van der Waals surface area contributed by atoms with Crippen molar-refractivity contribution in [2.24, 2.45) is 0 Å². The van der Waals surface area contributed by atoms with E-state index >= 15 is 0 Å². The van der Waals surface area contributed by atoms with E-state index in [-0.39, 0.29) is 5.69 Å². The Morgan fingerprint density at radius 3 is 2.87 bits per heavy atom. The van der Waals surface area contributed by atoms with Crippen LogP contribution in [0.4, 0.5) is 0 Å². The number of hydrogen-bond donors (Lipinski definition) is 1. The van der Waals surface area contributed by atoms with Crippen LogP contribution in [0.3, 0.4) is 0 Å². The molecule has 0 saturated carbocycles. The van der Waals surface area contributed by atoms with E-state index < -0.39 is 17.1 Å². The molecule has 0 atom stereocenters. The molecule has 0 aliphatic carbocycles. The number of aromatic nitrogens is 2. The Bertz CT molecular complexity index is 601. The normalized spacial score (nSPS) is 10.5. The lowest BCUT2D eigenvalue weighted by molar-refractivity contribution is 0.101. The predicted molar refractivity (Wildman–Crippen MR) is 53.1 cm³/mol. The SMILES string of the molecule is CC(=O)c1nc2ccccn2c(=O)c1O. The molecule has 5 heteroatoms. The average Bonchev–Trinajstić information content (AvgIpc) is 2.23. The molecule has 1 N–H and O–H groups in total. The van der Waals surface area contributed by atoms with Crippen LogP contribution in [-0.4, -0.2) is 20.3 Å². The molecule has 0 amide bonds. The van der Waals surface area contributed by atoms with Crippen LogP contribution in [0.15, 0.2) is 29.2 Å². The molecule has 15 heavy (non-hydrogen) atoms. The summed E-state index contributed by atoms with van der Waals surface area (Å²) in [6.45, 7) is 1.25. The number of carbonyl (C=O) groups excluding carboxylic acids is 1. The van der Waals surface area contributed by atoms with Crippen LogP contribution in [0.1, 0.15) is 17.4 Å². The van der Waals surface area contributed by atoms with Crippen molar-refractivity contribution in [3.05, 3.63) is 40.4 Å². The van der Waals surface area contributed by atoms with Crippen LogP contribution in [0, 0.1) is 0 Å².